The molecule has 0 radical (unpaired) electrons. The number of rotatable bonds is 4. The summed E-state index contributed by atoms with van der Waals surface area (Å²) in [5.41, 5.74) is 1.34. The Morgan fingerprint density at radius 2 is 2.19 bits per heavy atom. The first-order chi connectivity index (χ1) is 10.2. The lowest BCUT2D eigenvalue weighted by atomic mass is 10.1. The lowest BCUT2D eigenvalue weighted by molar-refractivity contribution is 0.0932. The van der Waals surface area contributed by atoms with Crippen molar-refractivity contribution >= 4 is 5.91 Å². The van der Waals surface area contributed by atoms with Crippen LogP contribution in [0.4, 0.5) is 0 Å². The highest BCUT2D eigenvalue weighted by molar-refractivity contribution is 5.94. The molecule has 0 aliphatic carbocycles. The average Bonchev–Trinajstić information content (AvgIpc) is 2.98. The molecule has 1 aliphatic rings. The Kier molecular flexibility index (Phi) is 5.79. The van der Waals surface area contributed by atoms with Gasteiger partial charge < -0.3 is 15.3 Å². The maximum Gasteiger partial charge on any atom is 0.251 e. The Balaban J connectivity index is 1.92. The molecule has 1 aliphatic heterocycles. The SMILES string of the molecule is CC(CN1CCCC1)NC(=O)c1cccc(C#CCO)c1. The fraction of sp³-hybridized carbons (Fsp3) is 0.471. The molecule has 1 atom stereocenters. The lowest BCUT2D eigenvalue weighted by Crippen LogP contribution is -2.41. The Morgan fingerprint density at radius 3 is 2.90 bits per heavy atom. The van der Waals surface area contributed by atoms with E-state index in [0.29, 0.717) is 5.56 Å². The fourth-order valence-electron chi connectivity index (χ4n) is 2.59. The third kappa shape index (κ3) is 4.89. The molecule has 1 aromatic rings. The van der Waals surface area contributed by atoms with Gasteiger partial charge in [-0.15, -0.1) is 0 Å². The van der Waals surface area contributed by atoms with E-state index in [9.17, 15) is 4.79 Å². The zero-order valence-corrected chi connectivity index (χ0v) is 12.4. The van der Waals surface area contributed by atoms with Gasteiger partial charge in [0.2, 0.25) is 0 Å². The van der Waals surface area contributed by atoms with E-state index in [4.69, 9.17) is 5.11 Å². The molecule has 2 rings (SSSR count). The van der Waals surface area contributed by atoms with Gasteiger partial charge in [0, 0.05) is 23.7 Å². The molecule has 0 aromatic heterocycles. The molecule has 0 bridgehead atoms. The van der Waals surface area contributed by atoms with E-state index in [-0.39, 0.29) is 18.6 Å². The number of nitrogens with one attached hydrogen (secondary N) is 1. The van der Waals surface area contributed by atoms with Crippen LogP contribution < -0.4 is 5.32 Å². The predicted octanol–water partition coefficient (Wildman–Crippen LogP) is 1.24. The summed E-state index contributed by atoms with van der Waals surface area (Å²) in [7, 11) is 0. The molecule has 0 saturated carbocycles. The molecule has 1 amide bonds. The van der Waals surface area contributed by atoms with Gasteiger partial charge >= 0.3 is 0 Å². The van der Waals surface area contributed by atoms with Crippen molar-refractivity contribution < 1.29 is 9.90 Å². The minimum Gasteiger partial charge on any atom is -0.384 e. The Hall–Kier alpha value is -1.83. The second kappa shape index (κ2) is 7.82. The van der Waals surface area contributed by atoms with E-state index in [2.05, 4.69) is 22.1 Å². The monoisotopic (exact) mass is 286 g/mol. The van der Waals surface area contributed by atoms with E-state index in [1.807, 2.05) is 13.0 Å². The molecule has 21 heavy (non-hydrogen) atoms. The molecule has 112 valence electrons. The molecule has 1 aromatic carbocycles. The molecule has 1 saturated heterocycles. The minimum atomic E-state index is -0.177. The van der Waals surface area contributed by atoms with Gasteiger partial charge in [-0.25, -0.2) is 0 Å². The Morgan fingerprint density at radius 1 is 1.43 bits per heavy atom. The highest BCUT2D eigenvalue weighted by Crippen LogP contribution is 2.08. The van der Waals surface area contributed by atoms with E-state index < -0.39 is 0 Å². The predicted molar refractivity (Wildman–Crippen MR) is 83.0 cm³/mol. The van der Waals surface area contributed by atoms with Crippen LogP contribution >= 0.6 is 0 Å². The quantitative estimate of drug-likeness (QED) is 0.819. The summed E-state index contributed by atoms with van der Waals surface area (Å²) in [5.74, 6) is 5.33. The van der Waals surface area contributed by atoms with Crippen molar-refractivity contribution in [1.29, 1.82) is 0 Å². The second-order valence-corrected chi connectivity index (χ2v) is 5.42. The number of hydrogen-bond acceptors (Lipinski definition) is 3. The van der Waals surface area contributed by atoms with Crippen LogP contribution in [-0.4, -0.2) is 48.2 Å². The molecule has 4 heteroatoms. The third-order valence-electron chi connectivity index (χ3n) is 3.54. The van der Waals surface area contributed by atoms with Gasteiger partial charge in [-0.05, 0) is 51.1 Å². The van der Waals surface area contributed by atoms with Gasteiger partial charge in [0.1, 0.15) is 6.61 Å². The number of aliphatic hydroxyl groups excluding tert-OH is 1. The van der Waals surface area contributed by atoms with Crippen molar-refractivity contribution in [1.82, 2.24) is 10.2 Å². The first-order valence-electron chi connectivity index (χ1n) is 7.42. The molecule has 4 nitrogen and oxygen atoms in total. The van der Waals surface area contributed by atoms with E-state index in [1.54, 1.807) is 18.2 Å². The van der Waals surface area contributed by atoms with Gasteiger partial charge in [0.05, 0.1) is 0 Å². The maximum absolute atomic E-state index is 12.2. The number of carbonyl (C=O) groups excluding carboxylic acids is 1. The minimum absolute atomic E-state index is 0.0747. The third-order valence-corrected chi connectivity index (χ3v) is 3.54. The maximum atomic E-state index is 12.2. The largest absolute Gasteiger partial charge is 0.384 e. The van der Waals surface area contributed by atoms with E-state index >= 15 is 0 Å². The normalized spacial score (nSPS) is 16.1. The zero-order valence-electron chi connectivity index (χ0n) is 12.4. The standard InChI is InChI=1S/C17H22N2O2/c1-14(13-19-9-2-3-10-19)18-17(21)16-8-4-6-15(12-16)7-5-11-20/h4,6,8,12,14,20H,2-3,9-11,13H2,1H3,(H,18,21). The van der Waals surface area contributed by atoms with Crippen LogP contribution in [-0.2, 0) is 0 Å². The molecule has 1 fully saturated rings. The van der Waals surface area contributed by atoms with Crippen LogP contribution in [0.5, 0.6) is 0 Å². The first-order valence-corrected chi connectivity index (χ1v) is 7.42. The van der Waals surface area contributed by atoms with Crippen LogP contribution in [0.3, 0.4) is 0 Å². The fourth-order valence-corrected chi connectivity index (χ4v) is 2.59. The van der Waals surface area contributed by atoms with Crippen molar-refractivity contribution in [2.24, 2.45) is 0 Å². The summed E-state index contributed by atoms with van der Waals surface area (Å²) < 4.78 is 0. The number of hydrogen-bond donors (Lipinski definition) is 2. The smallest absolute Gasteiger partial charge is 0.251 e. The van der Waals surface area contributed by atoms with Gasteiger partial charge in [0.25, 0.3) is 5.91 Å². The number of benzene rings is 1. The topological polar surface area (TPSA) is 52.6 Å². The first kappa shape index (κ1) is 15.6. The summed E-state index contributed by atoms with van der Waals surface area (Å²) in [4.78, 5) is 14.6. The number of nitrogens with zero attached hydrogens (tertiary/aromatic N) is 1. The summed E-state index contributed by atoms with van der Waals surface area (Å²) in [6, 6.07) is 7.29. The summed E-state index contributed by atoms with van der Waals surface area (Å²) >= 11 is 0. The zero-order chi connectivity index (χ0) is 15.1. The van der Waals surface area contributed by atoms with Crippen molar-refractivity contribution in [3.63, 3.8) is 0 Å². The molecule has 2 N–H and O–H groups in total. The van der Waals surface area contributed by atoms with Crippen LogP contribution in [0.1, 0.15) is 35.7 Å². The number of likely N-dealkylation sites (tertiary alicyclic amines) is 1. The lowest BCUT2D eigenvalue weighted by Gasteiger charge is -2.21. The van der Waals surface area contributed by atoms with Crippen molar-refractivity contribution in [2.75, 3.05) is 26.2 Å². The van der Waals surface area contributed by atoms with Crippen LogP contribution in [0.25, 0.3) is 0 Å². The molecular formula is C17H22N2O2. The van der Waals surface area contributed by atoms with Crippen LogP contribution in [0.2, 0.25) is 0 Å². The molecule has 1 heterocycles. The summed E-state index contributed by atoms with van der Waals surface area (Å²) in [6.45, 7) is 5.02. The van der Waals surface area contributed by atoms with Gasteiger partial charge in [-0.2, -0.15) is 0 Å². The van der Waals surface area contributed by atoms with Gasteiger partial charge in [-0.1, -0.05) is 17.9 Å². The highest BCUT2D eigenvalue weighted by Gasteiger charge is 2.16. The average molecular weight is 286 g/mol. The van der Waals surface area contributed by atoms with E-state index in [0.717, 1.165) is 25.2 Å². The van der Waals surface area contributed by atoms with Crippen molar-refractivity contribution in [3.05, 3.63) is 35.4 Å². The molecule has 1 unspecified atom stereocenters. The van der Waals surface area contributed by atoms with Crippen LogP contribution in [0, 0.1) is 11.8 Å². The second-order valence-electron chi connectivity index (χ2n) is 5.42. The summed E-state index contributed by atoms with van der Waals surface area (Å²) in [5, 5.41) is 11.7. The number of carbonyl (C=O) groups is 1. The summed E-state index contributed by atoms with van der Waals surface area (Å²) in [6.07, 6.45) is 2.51. The Bertz CT molecular complexity index is 539. The van der Waals surface area contributed by atoms with E-state index in [1.165, 1.54) is 12.8 Å². The van der Waals surface area contributed by atoms with Crippen LogP contribution in [0.15, 0.2) is 24.3 Å². The molecular weight excluding hydrogens is 264 g/mol. The number of aliphatic hydroxyl groups is 1. The molecule has 0 spiro atoms. The van der Waals surface area contributed by atoms with Gasteiger partial charge in [0.15, 0.2) is 0 Å². The van der Waals surface area contributed by atoms with Gasteiger partial charge in [-0.3, -0.25) is 4.79 Å². The highest BCUT2D eigenvalue weighted by atomic mass is 16.2. The van der Waals surface area contributed by atoms with Crippen molar-refractivity contribution in [3.8, 4) is 11.8 Å². The Labute approximate surface area is 126 Å². The van der Waals surface area contributed by atoms with Crippen molar-refractivity contribution in [2.45, 2.75) is 25.8 Å². The number of amides is 1.